The number of benzene rings is 1. The van der Waals surface area contributed by atoms with Gasteiger partial charge in [0.1, 0.15) is 5.82 Å². The second-order valence-corrected chi connectivity index (χ2v) is 3.49. The van der Waals surface area contributed by atoms with E-state index < -0.39 is 12.1 Å². The van der Waals surface area contributed by atoms with Crippen molar-refractivity contribution < 1.29 is 14.3 Å². The van der Waals surface area contributed by atoms with Gasteiger partial charge >= 0.3 is 12.1 Å². The molecule has 0 aliphatic heterocycles. The number of amides is 1. The van der Waals surface area contributed by atoms with Crippen molar-refractivity contribution in [3.8, 4) is 0 Å². The molecule has 0 unspecified atom stereocenters. The predicted molar refractivity (Wildman–Crippen MR) is 60.1 cm³/mol. The topological polar surface area (TPSA) is 98.1 Å². The summed E-state index contributed by atoms with van der Waals surface area (Å²) in [5.74, 6) is 0.0191. The zero-order valence-electron chi connectivity index (χ0n) is 8.97. The van der Waals surface area contributed by atoms with Crippen LogP contribution in [-0.4, -0.2) is 22.0 Å². The van der Waals surface area contributed by atoms with Crippen LogP contribution in [0.3, 0.4) is 0 Å². The van der Waals surface area contributed by atoms with E-state index in [2.05, 4.69) is 14.7 Å². The molecule has 0 bridgehead atoms. The lowest BCUT2D eigenvalue weighted by molar-refractivity contribution is -0.137. The maximum absolute atomic E-state index is 11.1. The van der Waals surface area contributed by atoms with E-state index in [1.54, 1.807) is 0 Å². The Labute approximate surface area is 96.8 Å². The van der Waals surface area contributed by atoms with Crippen LogP contribution in [0.25, 0.3) is 11.0 Å². The average Bonchev–Trinajstić information content (AvgIpc) is 2.68. The Morgan fingerprint density at radius 1 is 1.35 bits per heavy atom. The highest BCUT2D eigenvalue weighted by atomic mass is 16.6. The normalized spacial score (nSPS) is 10.4. The Kier molecular flexibility index (Phi) is 3.04. The smallest absolute Gasteiger partial charge is 0.376 e. The van der Waals surface area contributed by atoms with Gasteiger partial charge in [-0.25, -0.2) is 9.78 Å². The molecule has 0 aliphatic rings. The van der Waals surface area contributed by atoms with Crippen molar-refractivity contribution in [2.45, 2.75) is 12.8 Å². The van der Waals surface area contributed by atoms with Gasteiger partial charge in [0.25, 0.3) is 0 Å². The molecule has 0 atom stereocenters. The zero-order valence-corrected chi connectivity index (χ0v) is 8.97. The summed E-state index contributed by atoms with van der Waals surface area (Å²) in [6.07, 6.45) is -0.650. The quantitative estimate of drug-likeness (QED) is 0.613. The molecule has 6 nitrogen and oxygen atoms in total. The van der Waals surface area contributed by atoms with Gasteiger partial charge in [0.15, 0.2) is 0 Å². The molecule has 0 spiro atoms. The lowest BCUT2D eigenvalue weighted by Crippen LogP contribution is -2.18. The van der Waals surface area contributed by atoms with Crippen molar-refractivity contribution in [1.82, 2.24) is 9.97 Å². The standard InChI is InChI=1S/C11H11N3O3/c12-11(16)17-10(15)6-5-9-13-7-3-1-2-4-8(7)14-9/h1-4H,5-6H2,(H2,12,16)(H,13,14). The second kappa shape index (κ2) is 4.65. The molecule has 88 valence electrons. The van der Waals surface area contributed by atoms with E-state index >= 15 is 0 Å². The third-order valence-electron chi connectivity index (χ3n) is 2.22. The van der Waals surface area contributed by atoms with E-state index in [-0.39, 0.29) is 6.42 Å². The number of nitrogens with two attached hydrogens (primary N) is 1. The van der Waals surface area contributed by atoms with E-state index in [0.717, 1.165) is 11.0 Å². The summed E-state index contributed by atoms with van der Waals surface area (Å²) >= 11 is 0. The number of nitrogens with zero attached hydrogens (tertiary/aromatic N) is 1. The number of aromatic amines is 1. The number of nitrogens with one attached hydrogen (secondary N) is 1. The summed E-state index contributed by atoms with van der Waals surface area (Å²) in [5.41, 5.74) is 6.46. The molecule has 0 saturated carbocycles. The Bertz CT molecular complexity index is 529. The first-order valence-corrected chi connectivity index (χ1v) is 5.09. The number of aryl methyl sites for hydroxylation is 1. The first-order valence-electron chi connectivity index (χ1n) is 5.09. The number of esters is 1. The summed E-state index contributed by atoms with van der Waals surface area (Å²) in [4.78, 5) is 28.7. The monoisotopic (exact) mass is 233 g/mol. The van der Waals surface area contributed by atoms with Gasteiger partial charge in [-0.1, -0.05) is 12.1 Å². The van der Waals surface area contributed by atoms with E-state index in [0.29, 0.717) is 12.2 Å². The van der Waals surface area contributed by atoms with Gasteiger partial charge in [-0.2, -0.15) is 0 Å². The Hall–Kier alpha value is -2.37. The number of primary amides is 1. The minimum absolute atomic E-state index is 0.0583. The molecule has 17 heavy (non-hydrogen) atoms. The number of para-hydroxylation sites is 2. The highest BCUT2D eigenvalue weighted by molar-refractivity contribution is 5.83. The van der Waals surface area contributed by atoms with Crippen LogP contribution in [0.5, 0.6) is 0 Å². The van der Waals surface area contributed by atoms with Crippen molar-refractivity contribution >= 4 is 23.1 Å². The van der Waals surface area contributed by atoms with E-state index in [9.17, 15) is 9.59 Å². The van der Waals surface area contributed by atoms with E-state index in [4.69, 9.17) is 5.73 Å². The van der Waals surface area contributed by atoms with Crippen LogP contribution in [0.15, 0.2) is 24.3 Å². The molecule has 0 saturated heterocycles. The fraction of sp³-hybridized carbons (Fsp3) is 0.182. The molecule has 6 heteroatoms. The number of aromatic nitrogens is 2. The van der Waals surface area contributed by atoms with Crippen molar-refractivity contribution in [2.75, 3.05) is 0 Å². The van der Waals surface area contributed by atoms with Crippen molar-refractivity contribution in [3.05, 3.63) is 30.1 Å². The van der Waals surface area contributed by atoms with E-state index in [1.165, 1.54) is 0 Å². The van der Waals surface area contributed by atoms with Gasteiger partial charge in [0.05, 0.1) is 17.5 Å². The van der Waals surface area contributed by atoms with Crippen LogP contribution in [0.1, 0.15) is 12.2 Å². The highest BCUT2D eigenvalue weighted by Gasteiger charge is 2.09. The van der Waals surface area contributed by atoms with Crippen LogP contribution in [0, 0.1) is 0 Å². The van der Waals surface area contributed by atoms with Crippen LogP contribution in [0.4, 0.5) is 4.79 Å². The molecule has 1 heterocycles. The summed E-state index contributed by atoms with van der Waals surface area (Å²) in [6, 6.07) is 7.55. The average molecular weight is 233 g/mol. The van der Waals surface area contributed by atoms with Gasteiger partial charge in [0, 0.05) is 6.42 Å². The number of H-pyrrole nitrogens is 1. The third-order valence-corrected chi connectivity index (χ3v) is 2.22. The number of rotatable bonds is 3. The van der Waals surface area contributed by atoms with Gasteiger partial charge in [-0.15, -0.1) is 0 Å². The summed E-state index contributed by atoms with van der Waals surface area (Å²) < 4.78 is 4.20. The fourth-order valence-corrected chi connectivity index (χ4v) is 1.51. The summed E-state index contributed by atoms with van der Waals surface area (Å²) in [7, 11) is 0. The number of hydrogen-bond donors (Lipinski definition) is 2. The van der Waals surface area contributed by atoms with Crippen LogP contribution >= 0.6 is 0 Å². The molecular formula is C11H11N3O3. The first-order chi connectivity index (χ1) is 8.15. The summed E-state index contributed by atoms with van der Waals surface area (Å²) in [6.45, 7) is 0. The van der Waals surface area contributed by atoms with Gasteiger partial charge in [-0.05, 0) is 12.1 Å². The molecule has 0 fully saturated rings. The lowest BCUT2D eigenvalue weighted by atomic mass is 10.3. The molecule has 1 aromatic heterocycles. The minimum atomic E-state index is -1.08. The lowest BCUT2D eigenvalue weighted by Gasteiger charge is -1.97. The number of carbonyl (C=O) groups is 2. The minimum Gasteiger partial charge on any atom is -0.376 e. The Balaban J connectivity index is 1.99. The highest BCUT2D eigenvalue weighted by Crippen LogP contribution is 2.11. The maximum Gasteiger partial charge on any atom is 0.412 e. The molecular weight excluding hydrogens is 222 g/mol. The molecule has 3 N–H and O–H groups in total. The van der Waals surface area contributed by atoms with Gasteiger partial charge in [-0.3, -0.25) is 4.79 Å². The molecule has 0 aliphatic carbocycles. The molecule has 2 rings (SSSR count). The Morgan fingerprint density at radius 2 is 2.12 bits per heavy atom. The molecule has 1 aromatic carbocycles. The van der Waals surface area contributed by atoms with Crippen molar-refractivity contribution in [1.29, 1.82) is 0 Å². The number of imidazole rings is 1. The predicted octanol–water partition coefficient (Wildman–Crippen LogP) is 1.12. The largest absolute Gasteiger partial charge is 0.412 e. The van der Waals surface area contributed by atoms with Crippen LogP contribution in [-0.2, 0) is 16.0 Å². The van der Waals surface area contributed by atoms with E-state index in [1.807, 2.05) is 24.3 Å². The number of fused-ring (bicyclic) bond motifs is 1. The molecule has 0 radical (unpaired) electrons. The van der Waals surface area contributed by atoms with Crippen molar-refractivity contribution in [2.24, 2.45) is 5.73 Å². The molecule has 2 aromatic rings. The number of carbonyl (C=O) groups excluding carboxylic acids is 2. The fourth-order valence-electron chi connectivity index (χ4n) is 1.51. The molecule has 1 amide bonds. The zero-order chi connectivity index (χ0) is 12.3. The third kappa shape index (κ3) is 2.81. The number of hydrogen-bond acceptors (Lipinski definition) is 4. The number of ether oxygens (including phenoxy) is 1. The van der Waals surface area contributed by atoms with Crippen LogP contribution < -0.4 is 5.73 Å². The second-order valence-electron chi connectivity index (χ2n) is 3.49. The van der Waals surface area contributed by atoms with Crippen LogP contribution in [0.2, 0.25) is 0 Å². The van der Waals surface area contributed by atoms with Gasteiger partial charge < -0.3 is 15.5 Å². The van der Waals surface area contributed by atoms with Crippen molar-refractivity contribution in [3.63, 3.8) is 0 Å². The maximum atomic E-state index is 11.1. The summed E-state index contributed by atoms with van der Waals surface area (Å²) in [5, 5.41) is 0. The Morgan fingerprint density at radius 3 is 2.82 bits per heavy atom. The van der Waals surface area contributed by atoms with Gasteiger partial charge in [0.2, 0.25) is 0 Å². The SMILES string of the molecule is NC(=O)OC(=O)CCc1nc2ccccc2[nH]1. The first kappa shape index (κ1) is 11.1.